The molecule has 0 saturated carbocycles. The van der Waals surface area contributed by atoms with E-state index in [9.17, 15) is 4.79 Å². The van der Waals surface area contributed by atoms with Crippen molar-refractivity contribution in [1.82, 2.24) is 10.3 Å². The Hall–Kier alpha value is -2.16. The Kier molecular flexibility index (Phi) is 4.40. The molecular formula is C14H18N2O. The summed E-state index contributed by atoms with van der Waals surface area (Å²) < 4.78 is 0. The number of aromatic nitrogens is 1. The second kappa shape index (κ2) is 5.80. The van der Waals surface area contributed by atoms with Gasteiger partial charge in [-0.3, -0.25) is 9.78 Å². The molecule has 0 atom stereocenters. The molecule has 0 aliphatic heterocycles. The molecule has 17 heavy (non-hydrogen) atoms. The molecule has 1 aromatic heterocycles. The minimum absolute atomic E-state index is 0. The second-order valence-corrected chi connectivity index (χ2v) is 3.71. The summed E-state index contributed by atoms with van der Waals surface area (Å²) in [5.74, 6) is -0.246. The van der Waals surface area contributed by atoms with Crippen LogP contribution in [0, 0.1) is 0 Å². The summed E-state index contributed by atoms with van der Waals surface area (Å²) in [7, 11) is 0. The molecule has 1 aromatic rings. The van der Waals surface area contributed by atoms with Crippen molar-refractivity contribution in [1.29, 1.82) is 0 Å². The molecule has 0 saturated heterocycles. The average Bonchev–Trinajstić information content (AvgIpc) is 2.35. The van der Waals surface area contributed by atoms with Crippen LogP contribution in [0.15, 0.2) is 60.5 Å². The number of carbonyl (C=O) groups excluding carboxylic acids is 1. The highest BCUT2D eigenvalue weighted by Crippen LogP contribution is 2.11. The Morgan fingerprint density at radius 2 is 2.18 bits per heavy atom. The molecule has 1 rings (SSSR count). The van der Waals surface area contributed by atoms with Crippen LogP contribution in [0.4, 0.5) is 0 Å². The maximum absolute atomic E-state index is 11.9. The van der Waals surface area contributed by atoms with Gasteiger partial charge in [0.2, 0.25) is 0 Å². The minimum atomic E-state index is -0.246. The first-order valence-electron chi connectivity index (χ1n) is 5.28. The van der Waals surface area contributed by atoms with E-state index in [1.165, 1.54) is 0 Å². The highest BCUT2D eigenvalue weighted by molar-refractivity contribution is 5.93. The van der Waals surface area contributed by atoms with Crippen LogP contribution in [0.5, 0.6) is 0 Å². The normalized spacial score (nSPS) is 11.4. The van der Waals surface area contributed by atoms with E-state index < -0.39 is 0 Å². The van der Waals surface area contributed by atoms with Gasteiger partial charge < -0.3 is 5.32 Å². The van der Waals surface area contributed by atoms with E-state index in [4.69, 9.17) is 0 Å². The lowest BCUT2D eigenvalue weighted by Gasteiger charge is -2.11. The van der Waals surface area contributed by atoms with Gasteiger partial charge in [0.1, 0.15) is 5.69 Å². The molecule has 3 nitrogen and oxygen atoms in total. The first-order chi connectivity index (χ1) is 8.06. The van der Waals surface area contributed by atoms with Crippen molar-refractivity contribution in [3.05, 3.63) is 66.2 Å². The summed E-state index contributed by atoms with van der Waals surface area (Å²) >= 11 is 0. The van der Waals surface area contributed by atoms with Gasteiger partial charge in [-0.15, -0.1) is 0 Å². The fourth-order valence-corrected chi connectivity index (χ4v) is 1.32. The first kappa shape index (κ1) is 12.9. The van der Waals surface area contributed by atoms with E-state index in [0.29, 0.717) is 11.4 Å². The molecular weight excluding hydrogens is 212 g/mol. The molecule has 0 aromatic carbocycles. The number of allylic oxidation sites excluding steroid dienone is 3. The number of carbonyl (C=O) groups is 1. The zero-order valence-corrected chi connectivity index (χ0v) is 10.2. The fourth-order valence-electron chi connectivity index (χ4n) is 1.32. The maximum atomic E-state index is 11.9. The lowest BCUT2D eigenvalue weighted by molar-refractivity contribution is 0.0961. The predicted molar refractivity (Wildman–Crippen MR) is 71.5 cm³/mol. The van der Waals surface area contributed by atoms with Crippen LogP contribution in [0.1, 0.15) is 25.8 Å². The molecule has 0 unspecified atom stereocenters. The van der Waals surface area contributed by atoms with Crippen LogP contribution >= 0.6 is 0 Å². The first-order valence-corrected chi connectivity index (χ1v) is 5.28. The fraction of sp³-hybridized carbons (Fsp3) is 0.143. The van der Waals surface area contributed by atoms with Crippen molar-refractivity contribution < 1.29 is 6.22 Å². The van der Waals surface area contributed by atoms with Crippen molar-refractivity contribution in [3.63, 3.8) is 0 Å². The number of pyridine rings is 1. The van der Waals surface area contributed by atoms with Crippen molar-refractivity contribution in [3.8, 4) is 0 Å². The Bertz CT molecular complexity index is 478. The van der Waals surface area contributed by atoms with Gasteiger partial charge >= 0.3 is 0 Å². The zero-order valence-electron chi connectivity index (χ0n) is 10.2. The van der Waals surface area contributed by atoms with Crippen LogP contribution in [0.2, 0.25) is 0 Å². The maximum Gasteiger partial charge on any atom is 0.274 e. The van der Waals surface area contributed by atoms with Gasteiger partial charge in [-0.1, -0.05) is 25.3 Å². The third-order valence-corrected chi connectivity index (χ3v) is 2.26. The van der Waals surface area contributed by atoms with Gasteiger partial charge in [0.25, 0.3) is 5.91 Å². The van der Waals surface area contributed by atoms with Gasteiger partial charge in [0, 0.05) is 13.3 Å². The number of nitrogens with zero attached hydrogens (tertiary/aromatic N) is 1. The van der Waals surface area contributed by atoms with Crippen LogP contribution in [0.3, 0.4) is 0 Å². The molecule has 1 N–H and O–H groups in total. The number of hydrogen-bond acceptors (Lipinski definition) is 2. The third-order valence-electron chi connectivity index (χ3n) is 2.26. The molecule has 0 bridgehead atoms. The molecule has 0 aliphatic carbocycles. The number of hydrogen-bond donors (Lipinski definition) is 1. The largest absolute Gasteiger partial charge is 0.320 e. The van der Waals surface area contributed by atoms with Crippen LogP contribution in [-0.4, -0.2) is 10.9 Å². The number of rotatable bonds is 4. The van der Waals surface area contributed by atoms with E-state index in [1.807, 2.05) is 13.8 Å². The highest BCUT2D eigenvalue weighted by Gasteiger charge is 2.10. The monoisotopic (exact) mass is 230 g/mol. The molecule has 0 spiro atoms. The lowest BCUT2D eigenvalue weighted by atomic mass is 10.1. The minimum Gasteiger partial charge on any atom is -0.320 e. The number of nitrogens with one attached hydrogen (secondary N) is 1. The van der Waals surface area contributed by atoms with Gasteiger partial charge in [-0.25, -0.2) is 0 Å². The summed E-state index contributed by atoms with van der Waals surface area (Å²) in [5, 5.41) is 2.79. The molecule has 1 heterocycles. The molecule has 0 fully saturated rings. The topological polar surface area (TPSA) is 42.0 Å². The van der Waals surface area contributed by atoms with Crippen molar-refractivity contribution in [2.75, 3.05) is 0 Å². The Morgan fingerprint density at radius 1 is 1.47 bits per heavy atom. The quantitative estimate of drug-likeness (QED) is 0.807. The van der Waals surface area contributed by atoms with Gasteiger partial charge in [0.05, 0.1) is 0 Å². The molecule has 0 aliphatic rings. The van der Waals surface area contributed by atoms with Gasteiger partial charge in [-0.2, -0.15) is 0 Å². The van der Waals surface area contributed by atoms with E-state index in [-0.39, 0.29) is 7.33 Å². The van der Waals surface area contributed by atoms with Gasteiger partial charge in [0.15, 0.2) is 0 Å². The van der Waals surface area contributed by atoms with Crippen LogP contribution in [-0.2, 0) is 0 Å². The number of amides is 1. The Morgan fingerprint density at radius 3 is 2.65 bits per heavy atom. The summed E-state index contributed by atoms with van der Waals surface area (Å²) in [6, 6.07) is 5.20. The smallest absolute Gasteiger partial charge is 0.274 e. The molecule has 90 valence electrons. The van der Waals surface area contributed by atoms with E-state index in [2.05, 4.69) is 23.5 Å². The molecule has 1 amide bonds. The molecule has 3 heteroatoms. The lowest BCUT2D eigenvalue weighted by Crippen LogP contribution is -2.25. The second-order valence-electron chi connectivity index (χ2n) is 3.71. The Labute approximate surface area is 103 Å². The van der Waals surface area contributed by atoms with E-state index in [0.717, 1.165) is 11.1 Å². The SMILES string of the molecule is C=C/C(C)=C(/NC(=O)c1ccccn1)C(=C)C.[HH]. The van der Waals surface area contributed by atoms with E-state index >= 15 is 0 Å². The zero-order chi connectivity index (χ0) is 12.8. The predicted octanol–water partition coefficient (Wildman–Crippen LogP) is 3.09. The van der Waals surface area contributed by atoms with Crippen molar-refractivity contribution in [2.45, 2.75) is 13.8 Å². The summed E-state index contributed by atoms with van der Waals surface area (Å²) in [6.07, 6.45) is 3.27. The van der Waals surface area contributed by atoms with Crippen LogP contribution in [0.25, 0.3) is 0 Å². The van der Waals surface area contributed by atoms with Crippen molar-refractivity contribution in [2.24, 2.45) is 0 Å². The Balaban J connectivity index is 0.00000289. The average molecular weight is 230 g/mol. The van der Waals surface area contributed by atoms with E-state index in [1.54, 1.807) is 30.5 Å². The van der Waals surface area contributed by atoms with Crippen molar-refractivity contribution >= 4 is 5.91 Å². The molecule has 0 radical (unpaired) electrons. The highest BCUT2D eigenvalue weighted by atomic mass is 16.1. The summed E-state index contributed by atoms with van der Waals surface area (Å²) in [4.78, 5) is 15.9. The van der Waals surface area contributed by atoms with Gasteiger partial charge in [-0.05, 0) is 37.1 Å². The van der Waals surface area contributed by atoms with Crippen LogP contribution < -0.4 is 5.32 Å². The summed E-state index contributed by atoms with van der Waals surface area (Å²) in [6.45, 7) is 11.2. The third kappa shape index (κ3) is 3.41. The standard InChI is InChI=1S/C14H16N2O.H2/c1-5-11(4)13(10(2)3)16-14(17)12-8-6-7-9-15-12;/h5-9H,1-2H2,3-4H3,(H,16,17);1H/b13-11+;. The summed E-state index contributed by atoms with van der Waals surface area (Å²) in [5.41, 5.74) is 2.73.